The Bertz CT molecular complexity index is 381. The fraction of sp³-hybridized carbons (Fsp3) is 0.273. The van der Waals surface area contributed by atoms with Crippen LogP contribution in [0, 0.1) is 10.7 Å². The summed E-state index contributed by atoms with van der Waals surface area (Å²) >= 11 is 0.966. The van der Waals surface area contributed by atoms with Crippen LogP contribution in [0.1, 0.15) is 17.7 Å². The van der Waals surface area contributed by atoms with Crippen molar-refractivity contribution in [1.82, 2.24) is 0 Å². The molecular formula is C11H11NO2S. The average Bonchev–Trinajstić information content (AvgIpc) is 2.26. The van der Waals surface area contributed by atoms with Crippen molar-refractivity contribution in [3.05, 3.63) is 29.8 Å². The van der Waals surface area contributed by atoms with Gasteiger partial charge in [-0.3, -0.25) is 4.79 Å². The number of thiocyanates is 1. The highest BCUT2D eigenvalue weighted by Gasteiger charge is 2.17. The van der Waals surface area contributed by atoms with Gasteiger partial charge in [0.15, 0.2) is 0 Å². The van der Waals surface area contributed by atoms with Crippen LogP contribution in [0.25, 0.3) is 0 Å². The third-order valence-corrected chi connectivity index (χ3v) is 2.90. The zero-order valence-corrected chi connectivity index (χ0v) is 9.38. The highest BCUT2D eigenvalue weighted by molar-refractivity contribution is 8.04. The van der Waals surface area contributed by atoms with Gasteiger partial charge < -0.3 is 4.74 Å². The molecule has 1 aromatic carbocycles. The summed E-state index contributed by atoms with van der Waals surface area (Å²) in [5.74, 6) is 0.717. The summed E-state index contributed by atoms with van der Waals surface area (Å²) < 4.78 is 5.01. The lowest BCUT2D eigenvalue weighted by molar-refractivity contribution is -0.116. The molecule has 4 heteroatoms. The van der Waals surface area contributed by atoms with Crippen molar-refractivity contribution in [2.24, 2.45) is 0 Å². The van der Waals surface area contributed by atoms with Gasteiger partial charge in [-0.1, -0.05) is 12.1 Å². The number of ether oxygens (including phenoxy) is 1. The lowest BCUT2D eigenvalue weighted by Crippen LogP contribution is -2.03. The quantitative estimate of drug-likeness (QED) is 0.733. The Morgan fingerprint density at radius 2 is 2.07 bits per heavy atom. The van der Waals surface area contributed by atoms with Gasteiger partial charge in [-0.25, -0.2) is 0 Å². The monoisotopic (exact) mass is 221 g/mol. The van der Waals surface area contributed by atoms with E-state index in [9.17, 15) is 4.79 Å². The largest absolute Gasteiger partial charge is 0.497 e. The van der Waals surface area contributed by atoms with Crippen LogP contribution in [-0.2, 0) is 4.79 Å². The van der Waals surface area contributed by atoms with E-state index >= 15 is 0 Å². The molecule has 0 bridgehead atoms. The van der Waals surface area contributed by atoms with Gasteiger partial charge in [-0.2, -0.15) is 5.26 Å². The van der Waals surface area contributed by atoms with Crippen LogP contribution in [0.15, 0.2) is 24.3 Å². The predicted octanol–water partition coefficient (Wildman–Crippen LogP) is 2.54. The van der Waals surface area contributed by atoms with E-state index in [-0.39, 0.29) is 5.78 Å². The number of Topliss-reactive ketones (excluding diaryl/α,β-unsaturated/α-hetero) is 1. The number of benzene rings is 1. The fourth-order valence-corrected chi connectivity index (χ4v) is 1.78. The minimum Gasteiger partial charge on any atom is -0.497 e. The lowest BCUT2D eigenvalue weighted by Gasteiger charge is -2.09. The Morgan fingerprint density at radius 3 is 2.47 bits per heavy atom. The number of thioether (sulfide) groups is 1. The summed E-state index contributed by atoms with van der Waals surface area (Å²) in [6, 6.07) is 7.16. The second-order valence-electron chi connectivity index (χ2n) is 2.97. The molecule has 0 saturated heterocycles. The van der Waals surface area contributed by atoms with Gasteiger partial charge in [-0.15, -0.1) is 0 Å². The van der Waals surface area contributed by atoms with Gasteiger partial charge in [0, 0.05) is 0 Å². The number of hydrogen-bond donors (Lipinski definition) is 0. The molecule has 0 aliphatic carbocycles. The number of nitrogens with zero attached hydrogens (tertiary/aromatic N) is 1. The van der Waals surface area contributed by atoms with Crippen molar-refractivity contribution in [2.45, 2.75) is 12.2 Å². The lowest BCUT2D eigenvalue weighted by atomic mass is 10.1. The maximum absolute atomic E-state index is 11.3. The van der Waals surface area contributed by atoms with Crippen LogP contribution >= 0.6 is 11.8 Å². The topological polar surface area (TPSA) is 50.1 Å². The minimum atomic E-state index is -0.402. The SMILES string of the molecule is COc1ccc(C(SC#N)C(C)=O)cc1. The van der Waals surface area contributed by atoms with Crippen molar-refractivity contribution in [3.63, 3.8) is 0 Å². The Kier molecular flexibility index (Phi) is 4.19. The van der Waals surface area contributed by atoms with E-state index in [1.54, 1.807) is 31.4 Å². The van der Waals surface area contributed by atoms with Crippen LogP contribution in [0.2, 0.25) is 0 Å². The molecular weight excluding hydrogens is 210 g/mol. The van der Waals surface area contributed by atoms with Gasteiger partial charge in [0.2, 0.25) is 0 Å². The van der Waals surface area contributed by atoms with Crippen LogP contribution in [0.5, 0.6) is 5.75 Å². The van der Waals surface area contributed by atoms with Crippen LogP contribution < -0.4 is 4.74 Å². The van der Waals surface area contributed by atoms with Gasteiger partial charge in [-0.05, 0) is 36.4 Å². The van der Waals surface area contributed by atoms with E-state index < -0.39 is 5.25 Å². The first-order valence-corrected chi connectivity index (χ1v) is 5.26. The molecule has 1 atom stereocenters. The molecule has 78 valence electrons. The summed E-state index contributed by atoms with van der Waals surface area (Å²) in [4.78, 5) is 11.3. The normalized spacial score (nSPS) is 11.5. The number of nitriles is 1. The van der Waals surface area contributed by atoms with E-state index in [0.717, 1.165) is 23.1 Å². The zero-order valence-electron chi connectivity index (χ0n) is 8.56. The van der Waals surface area contributed by atoms with Gasteiger partial charge in [0.05, 0.1) is 7.11 Å². The number of hydrogen-bond acceptors (Lipinski definition) is 4. The molecule has 15 heavy (non-hydrogen) atoms. The molecule has 1 rings (SSSR count). The van der Waals surface area contributed by atoms with Gasteiger partial charge in [0.1, 0.15) is 22.2 Å². The van der Waals surface area contributed by atoms with Crippen molar-refractivity contribution in [3.8, 4) is 11.2 Å². The fourth-order valence-electron chi connectivity index (χ4n) is 1.22. The van der Waals surface area contributed by atoms with Crippen molar-refractivity contribution < 1.29 is 9.53 Å². The number of carbonyl (C=O) groups excluding carboxylic acids is 1. The van der Waals surface area contributed by atoms with E-state index in [1.165, 1.54) is 6.92 Å². The molecule has 0 N–H and O–H groups in total. The first-order valence-electron chi connectivity index (χ1n) is 4.38. The standard InChI is InChI=1S/C11H11NO2S/c1-8(13)11(15-7-12)9-3-5-10(14-2)6-4-9/h3-6,11H,1-2H3. The summed E-state index contributed by atoms with van der Waals surface area (Å²) in [5, 5.41) is 10.1. The first-order chi connectivity index (χ1) is 7.19. The molecule has 0 heterocycles. The van der Waals surface area contributed by atoms with Gasteiger partial charge >= 0.3 is 0 Å². The molecule has 0 radical (unpaired) electrons. The predicted molar refractivity (Wildman–Crippen MR) is 59.6 cm³/mol. The maximum atomic E-state index is 11.3. The summed E-state index contributed by atoms with van der Waals surface area (Å²) in [6.45, 7) is 1.49. The van der Waals surface area contributed by atoms with Crippen molar-refractivity contribution >= 4 is 17.5 Å². The Morgan fingerprint density at radius 1 is 1.47 bits per heavy atom. The third-order valence-electron chi connectivity index (χ3n) is 1.96. The molecule has 0 aromatic heterocycles. The van der Waals surface area contributed by atoms with E-state index in [0.29, 0.717) is 0 Å². The Hall–Kier alpha value is -1.47. The highest BCUT2D eigenvalue weighted by atomic mass is 32.2. The molecule has 0 amide bonds. The van der Waals surface area contributed by atoms with Crippen LogP contribution in [0.3, 0.4) is 0 Å². The first kappa shape index (κ1) is 11.6. The van der Waals surface area contributed by atoms with Crippen LogP contribution in [-0.4, -0.2) is 12.9 Å². The molecule has 1 aromatic rings. The molecule has 0 aliphatic rings. The molecule has 0 saturated carbocycles. The summed E-state index contributed by atoms with van der Waals surface area (Å²) in [7, 11) is 1.58. The minimum absolute atomic E-state index is 0.0216. The number of ketones is 1. The van der Waals surface area contributed by atoms with Gasteiger partial charge in [0.25, 0.3) is 0 Å². The van der Waals surface area contributed by atoms with E-state index in [4.69, 9.17) is 10.00 Å². The molecule has 0 aliphatic heterocycles. The highest BCUT2D eigenvalue weighted by Crippen LogP contribution is 2.29. The number of rotatable bonds is 4. The second kappa shape index (κ2) is 5.42. The third kappa shape index (κ3) is 3.00. The molecule has 3 nitrogen and oxygen atoms in total. The van der Waals surface area contributed by atoms with Crippen molar-refractivity contribution in [1.29, 1.82) is 5.26 Å². The summed E-state index contributed by atoms with van der Waals surface area (Å²) in [6.07, 6.45) is 0. The molecule has 1 unspecified atom stereocenters. The Balaban J connectivity index is 2.92. The van der Waals surface area contributed by atoms with Crippen LogP contribution in [0.4, 0.5) is 0 Å². The van der Waals surface area contributed by atoms with E-state index in [1.807, 2.05) is 5.40 Å². The smallest absolute Gasteiger partial charge is 0.148 e. The summed E-state index contributed by atoms with van der Waals surface area (Å²) in [5.41, 5.74) is 0.829. The zero-order chi connectivity index (χ0) is 11.3. The maximum Gasteiger partial charge on any atom is 0.148 e. The average molecular weight is 221 g/mol. The number of carbonyl (C=O) groups is 1. The number of methoxy groups -OCH3 is 1. The molecule has 0 spiro atoms. The second-order valence-corrected chi connectivity index (χ2v) is 3.86. The molecule has 0 fully saturated rings. The van der Waals surface area contributed by atoms with Crippen molar-refractivity contribution in [2.75, 3.05) is 7.11 Å². The van der Waals surface area contributed by atoms with E-state index in [2.05, 4.69) is 0 Å². The Labute approximate surface area is 93.0 Å².